The maximum absolute atomic E-state index is 13.0. The minimum absolute atomic E-state index is 0.0336. The predicted molar refractivity (Wildman–Crippen MR) is 106 cm³/mol. The molecule has 1 aromatic heterocycles. The lowest BCUT2D eigenvalue weighted by Crippen LogP contribution is -2.62. The van der Waals surface area contributed by atoms with Crippen molar-refractivity contribution in [1.29, 1.82) is 0 Å². The molecule has 6 heteroatoms. The molecule has 1 amide bonds. The Kier molecular flexibility index (Phi) is 5.17. The summed E-state index contributed by atoms with van der Waals surface area (Å²) in [6, 6.07) is 9.76. The minimum atomic E-state index is -0.323. The van der Waals surface area contributed by atoms with Crippen LogP contribution in [0.3, 0.4) is 0 Å². The summed E-state index contributed by atoms with van der Waals surface area (Å²) in [5.41, 5.74) is 1.99. The lowest BCUT2D eigenvalue weighted by molar-refractivity contribution is -0.207. The van der Waals surface area contributed by atoms with Crippen molar-refractivity contribution in [2.75, 3.05) is 19.7 Å². The summed E-state index contributed by atoms with van der Waals surface area (Å²) in [4.78, 5) is 23.8. The first-order chi connectivity index (χ1) is 13.5. The van der Waals surface area contributed by atoms with E-state index in [0.717, 1.165) is 18.4 Å². The summed E-state index contributed by atoms with van der Waals surface area (Å²) in [5.74, 6) is 0.595. The van der Waals surface area contributed by atoms with Gasteiger partial charge in [0, 0.05) is 43.3 Å². The minimum Gasteiger partial charge on any atom is -0.392 e. The van der Waals surface area contributed by atoms with Crippen LogP contribution in [-0.2, 0) is 4.74 Å². The third-order valence-electron chi connectivity index (χ3n) is 6.33. The second-order valence-corrected chi connectivity index (χ2v) is 7.78. The van der Waals surface area contributed by atoms with Gasteiger partial charge in [-0.2, -0.15) is 0 Å². The largest absolute Gasteiger partial charge is 0.392 e. The van der Waals surface area contributed by atoms with Gasteiger partial charge < -0.3 is 14.7 Å². The van der Waals surface area contributed by atoms with Crippen LogP contribution >= 0.6 is 0 Å². The van der Waals surface area contributed by atoms with Gasteiger partial charge in [0.05, 0.1) is 23.5 Å². The van der Waals surface area contributed by atoms with E-state index in [1.54, 1.807) is 6.20 Å². The van der Waals surface area contributed by atoms with E-state index >= 15 is 0 Å². The van der Waals surface area contributed by atoms with Gasteiger partial charge in [0.25, 0.3) is 5.91 Å². The number of likely N-dealkylation sites (tertiary alicyclic amines) is 1. The van der Waals surface area contributed by atoms with Crippen molar-refractivity contribution in [3.63, 3.8) is 0 Å². The van der Waals surface area contributed by atoms with Crippen LogP contribution in [0.15, 0.2) is 36.5 Å². The number of benzene rings is 1. The van der Waals surface area contributed by atoms with Crippen LogP contribution in [0, 0.1) is 12.3 Å². The molecule has 0 radical (unpaired) electrons. The number of amides is 1. The monoisotopic (exact) mass is 381 g/mol. The molecule has 2 heterocycles. The summed E-state index contributed by atoms with van der Waals surface area (Å²) in [6.45, 7) is 5.75. The Labute approximate surface area is 165 Å². The fraction of sp³-hybridized carbons (Fsp3) is 0.500. The molecule has 2 unspecified atom stereocenters. The topological polar surface area (TPSA) is 75.6 Å². The molecule has 6 nitrogen and oxygen atoms in total. The van der Waals surface area contributed by atoms with Crippen molar-refractivity contribution >= 4 is 5.91 Å². The molecule has 2 atom stereocenters. The van der Waals surface area contributed by atoms with Crippen LogP contribution in [0.4, 0.5) is 0 Å². The Morgan fingerprint density at radius 3 is 2.61 bits per heavy atom. The number of carbonyl (C=O) groups is 1. The molecular weight excluding hydrogens is 354 g/mol. The molecule has 1 aromatic carbocycles. The van der Waals surface area contributed by atoms with E-state index in [4.69, 9.17) is 4.74 Å². The molecule has 2 aromatic rings. The molecule has 148 valence electrons. The molecule has 1 spiro atoms. The smallest absolute Gasteiger partial charge is 0.257 e. The number of aromatic nitrogens is 2. The number of rotatable bonds is 4. The van der Waals surface area contributed by atoms with Crippen LogP contribution in [0.5, 0.6) is 0 Å². The molecule has 2 fully saturated rings. The molecule has 1 N–H and O–H groups in total. The van der Waals surface area contributed by atoms with Crippen molar-refractivity contribution in [2.45, 2.75) is 45.3 Å². The molecule has 1 aliphatic heterocycles. The van der Waals surface area contributed by atoms with Crippen molar-refractivity contribution in [3.8, 4) is 11.4 Å². The first-order valence-electron chi connectivity index (χ1n) is 10.0. The fourth-order valence-electron chi connectivity index (χ4n) is 4.52. The van der Waals surface area contributed by atoms with Gasteiger partial charge in [0.15, 0.2) is 5.82 Å². The van der Waals surface area contributed by atoms with Gasteiger partial charge in [-0.1, -0.05) is 30.3 Å². The number of hydrogen-bond acceptors (Lipinski definition) is 5. The van der Waals surface area contributed by atoms with Crippen molar-refractivity contribution in [2.24, 2.45) is 5.41 Å². The third kappa shape index (κ3) is 3.20. The maximum Gasteiger partial charge on any atom is 0.257 e. The highest BCUT2D eigenvalue weighted by atomic mass is 16.5. The Bertz CT molecular complexity index is 845. The average Bonchev–Trinajstić information content (AvgIpc) is 2.74. The van der Waals surface area contributed by atoms with Crippen LogP contribution in [0.25, 0.3) is 11.4 Å². The Hall–Kier alpha value is -2.31. The number of aliphatic hydroxyl groups excluding tert-OH is 1. The lowest BCUT2D eigenvalue weighted by atomic mass is 9.58. The molecule has 1 saturated heterocycles. The summed E-state index contributed by atoms with van der Waals surface area (Å²) < 4.78 is 5.81. The van der Waals surface area contributed by atoms with Crippen LogP contribution in [-0.4, -0.2) is 57.8 Å². The molecule has 2 aliphatic rings. The molecule has 28 heavy (non-hydrogen) atoms. The van der Waals surface area contributed by atoms with E-state index in [1.807, 2.05) is 49.1 Å². The number of carbonyl (C=O) groups excluding carboxylic acids is 1. The number of aryl methyl sites for hydroxylation is 1. The molecule has 4 rings (SSSR count). The Morgan fingerprint density at radius 1 is 1.29 bits per heavy atom. The van der Waals surface area contributed by atoms with E-state index in [0.29, 0.717) is 43.2 Å². The highest BCUT2D eigenvalue weighted by Crippen LogP contribution is 2.51. The number of ether oxygens (including phenoxy) is 1. The van der Waals surface area contributed by atoms with Gasteiger partial charge >= 0.3 is 0 Å². The van der Waals surface area contributed by atoms with Crippen LogP contribution in [0.1, 0.15) is 42.2 Å². The zero-order chi connectivity index (χ0) is 19.7. The highest BCUT2D eigenvalue weighted by Gasteiger charge is 2.56. The van der Waals surface area contributed by atoms with Gasteiger partial charge in [0.2, 0.25) is 0 Å². The first-order valence-corrected chi connectivity index (χ1v) is 10.0. The van der Waals surface area contributed by atoms with Gasteiger partial charge in [-0.15, -0.1) is 0 Å². The summed E-state index contributed by atoms with van der Waals surface area (Å²) in [7, 11) is 0. The summed E-state index contributed by atoms with van der Waals surface area (Å²) >= 11 is 0. The summed E-state index contributed by atoms with van der Waals surface area (Å²) in [5, 5.41) is 10.3. The molecule has 1 saturated carbocycles. The standard InChI is InChI=1S/C22H27N3O3/c1-3-28-19-13-18(26)22(19)9-11-25(12-10-22)21(27)17-14-23-20(24-15(17)2)16-7-5-4-6-8-16/h4-8,14,18-19,26H,3,9-13H2,1-2H3. The molecular formula is C22H27N3O3. The number of aliphatic hydroxyl groups is 1. The second kappa shape index (κ2) is 7.60. The van der Waals surface area contributed by atoms with E-state index < -0.39 is 0 Å². The Balaban J connectivity index is 1.46. The zero-order valence-corrected chi connectivity index (χ0v) is 16.5. The summed E-state index contributed by atoms with van der Waals surface area (Å²) in [6.07, 6.45) is 3.67. The second-order valence-electron chi connectivity index (χ2n) is 7.78. The predicted octanol–water partition coefficient (Wildman–Crippen LogP) is 2.84. The van der Waals surface area contributed by atoms with Gasteiger partial charge in [0.1, 0.15) is 0 Å². The number of hydrogen-bond donors (Lipinski definition) is 1. The first kappa shape index (κ1) is 19.0. The van der Waals surface area contributed by atoms with Crippen LogP contribution < -0.4 is 0 Å². The van der Waals surface area contributed by atoms with E-state index in [9.17, 15) is 9.90 Å². The number of nitrogens with zero attached hydrogens (tertiary/aromatic N) is 3. The Morgan fingerprint density at radius 2 is 2.00 bits per heavy atom. The van der Waals surface area contributed by atoms with Gasteiger partial charge in [-0.05, 0) is 26.7 Å². The third-order valence-corrected chi connectivity index (χ3v) is 6.33. The van der Waals surface area contributed by atoms with Crippen molar-refractivity contribution in [3.05, 3.63) is 47.8 Å². The van der Waals surface area contributed by atoms with Crippen molar-refractivity contribution < 1.29 is 14.6 Å². The lowest BCUT2D eigenvalue weighted by Gasteiger charge is -2.56. The maximum atomic E-state index is 13.0. The van der Waals surface area contributed by atoms with Gasteiger partial charge in [-0.3, -0.25) is 4.79 Å². The zero-order valence-electron chi connectivity index (χ0n) is 16.5. The highest BCUT2D eigenvalue weighted by molar-refractivity contribution is 5.95. The molecule has 1 aliphatic carbocycles. The SMILES string of the molecule is CCOC1CC(O)C12CCN(C(=O)c1cnc(-c3ccccc3)nc1C)CC2. The van der Waals surface area contributed by atoms with E-state index in [1.165, 1.54) is 0 Å². The quantitative estimate of drug-likeness (QED) is 0.881. The van der Waals surface area contributed by atoms with E-state index in [2.05, 4.69) is 9.97 Å². The average molecular weight is 381 g/mol. The van der Waals surface area contributed by atoms with Gasteiger partial charge in [-0.25, -0.2) is 9.97 Å². The normalized spacial score (nSPS) is 23.5. The van der Waals surface area contributed by atoms with E-state index in [-0.39, 0.29) is 23.5 Å². The van der Waals surface area contributed by atoms with Crippen LogP contribution in [0.2, 0.25) is 0 Å². The molecule has 0 bridgehead atoms. The van der Waals surface area contributed by atoms with Crippen molar-refractivity contribution in [1.82, 2.24) is 14.9 Å². The number of piperidine rings is 1. The fourth-order valence-corrected chi connectivity index (χ4v) is 4.52.